The minimum atomic E-state index is 0.727. The quantitative estimate of drug-likeness (QED) is 0.764. The second-order valence-electron chi connectivity index (χ2n) is 4.72. The smallest absolute Gasteiger partial charge is 0.0630 e. The number of nitrogens with zero attached hydrogens (tertiary/aromatic N) is 2. The Labute approximate surface area is 119 Å². The van der Waals surface area contributed by atoms with Gasteiger partial charge in [-0.3, -0.25) is 4.99 Å². The van der Waals surface area contributed by atoms with Crippen LogP contribution in [0.15, 0.2) is 53.5 Å². The molecule has 2 aromatic carbocycles. The zero-order valence-electron chi connectivity index (χ0n) is 11.2. The summed E-state index contributed by atoms with van der Waals surface area (Å²) in [5.41, 5.74) is 3.24. The van der Waals surface area contributed by atoms with E-state index < -0.39 is 0 Å². The summed E-state index contributed by atoms with van der Waals surface area (Å²) in [6.07, 6.45) is 1.83. The Kier molecular flexibility index (Phi) is 4.72. The van der Waals surface area contributed by atoms with E-state index in [2.05, 4.69) is 36.1 Å². The Balaban J connectivity index is 2.07. The van der Waals surface area contributed by atoms with Gasteiger partial charge in [-0.25, -0.2) is 0 Å². The lowest BCUT2D eigenvalue weighted by atomic mass is 10.2. The fourth-order valence-corrected chi connectivity index (χ4v) is 1.99. The van der Waals surface area contributed by atoms with Crippen LogP contribution in [-0.2, 0) is 6.54 Å². The van der Waals surface area contributed by atoms with Gasteiger partial charge in [0.05, 0.1) is 5.69 Å². The van der Waals surface area contributed by atoms with Gasteiger partial charge in [0.1, 0.15) is 0 Å². The number of aliphatic imine (C=N–C) groups is 1. The Morgan fingerprint density at radius 3 is 2.47 bits per heavy atom. The van der Waals surface area contributed by atoms with Crippen molar-refractivity contribution in [3.63, 3.8) is 0 Å². The van der Waals surface area contributed by atoms with Crippen molar-refractivity contribution in [2.24, 2.45) is 4.99 Å². The van der Waals surface area contributed by atoms with Crippen molar-refractivity contribution in [2.45, 2.75) is 6.54 Å². The van der Waals surface area contributed by atoms with E-state index in [1.807, 2.05) is 42.6 Å². The molecule has 0 N–H and O–H groups in total. The highest BCUT2D eigenvalue weighted by Crippen LogP contribution is 2.15. The van der Waals surface area contributed by atoms with Crippen LogP contribution < -0.4 is 0 Å². The molecule has 0 radical (unpaired) electrons. The number of rotatable bonds is 4. The number of hydrogen-bond acceptors (Lipinski definition) is 2. The Morgan fingerprint density at radius 2 is 1.84 bits per heavy atom. The van der Waals surface area contributed by atoms with E-state index in [1.54, 1.807) is 0 Å². The topological polar surface area (TPSA) is 15.6 Å². The zero-order chi connectivity index (χ0) is 13.7. The van der Waals surface area contributed by atoms with Crippen molar-refractivity contribution >= 4 is 23.5 Å². The molecule has 19 heavy (non-hydrogen) atoms. The van der Waals surface area contributed by atoms with Crippen molar-refractivity contribution in [2.75, 3.05) is 14.1 Å². The molecule has 0 unspecified atom stereocenters. The summed E-state index contributed by atoms with van der Waals surface area (Å²) in [5, 5.41) is 0.727. The Morgan fingerprint density at radius 1 is 1.11 bits per heavy atom. The van der Waals surface area contributed by atoms with Crippen LogP contribution in [0.2, 0.25) is 5.02 Å². The van der Waals surface area contributed by atoms with Gasteiger partial charge in [-0.2, -0.15) is 0 Å². The third-order valence-corrected chi connectivity index (χ3v) is 2.88. The van der Waals surface area contributed by atoms with E-state index in [1.165, 1.54) is 5.56 Å². The number of hydrogen-bond donors (Lipinski definition) is 0. The highest BCUT2D eigenvalue weighted by Gasteiger charge is 1.95. The molecular formula is C16H17ClN2. The van der Waals surface area contributed by atoms with Gasteiger partial charge in [-0.1, -0.05) is 35.9 Å². The summed E-state index contributed by atoms with van der Waals surface area (Å²) in [7, 11) is 4.12. The SMILES string of the molecule is CN(C)Cc1ccc(N=Cc2cccc(Cl)c2)cc1. The molecular weight excluding hydrogens is 256 g/mol. The molecule has 0 aliphatic heterocycles. The maximum atomic E-state index is 5.93. The average Bonchev–Trinajstić information content (AvgIpc) is 2.37. The van der Waals surface area contributed by atoms with E-state index in [0.29, 0.717) is 0 Å². The third kappa shape index (κ3) is 4.51. The van der Waals surface area contributed by atoms with E-state index in [-0.39, 0.29) is 0 Å². The molecule has 2 rings (SSSR count). The molecule has 0 amide bonds. The van der Waals surface area contributed by atoms with Gasteiger partial charge in [-0.15, -0.1) is 0 Å². The Hall–Kier alpha value is -1.64. The highest BCUT2D eigenvalue weighted by atomic mass is 35.5. The first-order valence-electron chi connectivity index (χ1n) is 6.17. The first kappa shape index (κ1) is 13.8. The van der Waals surface area contributed by atoms with Crippen LogP contribution >= 0.6 is 11.6 Å². The van der Waals surface area contributed by atoms with E-state index in [0.717, 1.165) is 22.8 Å². The maximum absolute atomic E-state index is 5.93. The van der Waals surface area contributed by atoms with Crippen molar-refractivity contribution in [3.05, 3.63) is 64.7 Å². The molecule has 0 fully saturated rings. The predicted molar refractivity (Wildman–Crippen MR) is 82.5 cm³/mol. The van der Waals surface area contributed by atoms with E-state index >= 15 is 0 Å². The fraction of sp³-hybridized carbons (Fsp3) is 0.188. The second-order valence-corrected chi connectivity index (χ2v) is 5.15. The zero-order valence-corrected chi connectivity index (χ0v) is 11.9. The minimum Gasteiger partial charge on any atom is -0.305 e. The van der Waals surface area contributed by atoms with E-state index in [9.17, 15) is 0 Å². The summed E-state index contributed by atoms with van der Waals surface area (Å²) < 4.78 is 0. The lowest BCUT2D eigenvalue weighted by Crippen LogP contribution is -2.10. The van der Waals surface area contributed by atoms with Crippen molar-refractivity contribution < 1.29 is 0 Å². The van der Waals surface area contributed by atoms with Crippen LogP contribution in [0.1, 0.15) is 11.1 Å². The lowest BCUT2D eigenvalue weighted by molar-refractivity contribution is 0.402. The predicted octanol–water partition coefficient (Wildman–Crippen LogP) is 4.15. The molecule has 2 nitrogen and oxygen atoms in total. The molecule has 3 heteroatoms. The van der Waals surface area contributed by atoms with Crippen molar-refractivity contribution in [1.82, 2.24) is 4.90 Å². The lowest BCUT2D eigenvalue weighted by Gasteiger charge is -2.09. The minimum absolute atomic E-state index is 0.727. The number of halogens is 1. The molecule has 0 spiro atoms. The molecule has 0 bridgehead atoms. The first-order valence-corrected chi connectivity index (χ1v) is 6.54. The molecule has 2 aromatic rings. The first-order chi connectivity index (χ1) is 9.13. The largest absolute Gasteiger partial charge is 0.305 e. The van der Waals surface area contributed by atoms with Gasteiger partial charge >= 0.3 is 0 Å². The fourth-order valence-electron chi connectivity index (χ4n) is 1.79. The van der Waals surface area contributed by atoms with Gasteiger partial charge in [-0.05, 0) is 49.5 Å². The second kappa shape index (κ2) is 6.50. The standard InChI is InChI=1S/C16H17ClN2/c1-19(2)12-13-6-8-16(9-7-13)18-11-14-4-3-5-15(17)10-14/h3-11H,12H2,1-2H3. The summed E-state index contributed by atoms with van der Waals surface area (Å²) >= 11 is 5.93. The van der Waals surface area contributed by atoms with Gasteiger partial charge in [0.2, 0.25) is 0 Å². The molecule has 0 heterocycles. The van der Waals surface area contributed by atoms with Crippen LogP contribution in [-0.4, -0.2) is 25.2 Å². The molecule has 0 saturated carbocycles. The maximum Gasteiger partial charge on any atom is 0.0630 e. The summed E-state index contributed by atoms with van der Waals surface area (Å²) in [5.74, 6) is 0. The molecule has 0 saturated heterocycles. The normalized spacial score (nSPS) is 11.4. The summed E-state index contributed by atoms with van der Waals surface area (Å²) in [6, 6.07) is 15.9. The summed E-state index contributed by atoms with van der Waals surface area (Å²) in [6.45, 7) is 0.943. The van der Waals surface area contributed by atoms with Gasteiger partial charge < -0.3 is 4.90 Å². The monoisotopic (exact) mass is 272 g/mol. The molecule has 0 aliphatic carbocycles. The average molecular weight is 273 g/mol. The van der Waals surface area contributed by atoms with Crippen LogP contribution in [0.3, 0.4) is 0 Å². The van der Waals surface area contributed by atoms with Gasteiger partial charge in [0.25, 0.3) is 0 Å². The van der Waals surface area contributed by atoms with Crippen LogP contribution in [0.5, 0.6) is 0 Å². The molecule has 98 valence electrons. The van der Waals surface area contributed by atoms with Crippen LogP contribution in [0.4, 0.5) is 5.69 Å². The molecule has 0 aromatic heterocycles. The third-order valence-electron chi connectivity index (χ3n) is 2.65. The van der Waals surface area contributed by atoms with Crippen molar-refractivity contribution in [1.29, 1.82) is 0 Å². The van der Waals surface area contributed by atoms with Crippen LogP contribution in [0.25, 0.3) is 0 Å². The molecule has 0 atom stereocenters. The molecule has 0 aliphatic rings. The van der Waals surface area contributed by atoms with E-state index in [4.69, 9.17) is 11.6 Å². The Bertz CT molecular complexity index is 559. The summed E-state index contributed by atoms with van der Waals surface area (Å²) in [4.78, 5) is 6.58. The van der Waals surface area contributed by atoms with Crippen LogP contribution in [0, 0.1) is 0 Å². The van der Waals surface area contributed by atoms with Crippen molar-refractivity contribution in [3.8, 4) is 0 Å². The van der Waals surface area contributed by atoms with Gasteiger partial charge in [0.15, 0.2) is 0 Å². The highest BCUT2D eigenvalue weighted by molar-refractivity contribution is 6.30. The number of benzene rings is 2. The van der Waals surface area contributed by atoms with Gasteiger partial charge in [0, 0.05) is 17.8 Å².